The maximum atomic E-state index is 13.9. The summed E-state index contributed by atoms with van der Waals surface area (Å²) in [5.74, 6) is -0.602. The number of nitrogens with zero attached hydrogens (tertiary/aromatic N) is 3. The van der Waals surface area contributed by atoms with Crippen LogP contribution >= 0.6 is 0 Å². The maximum Gasteiger partial charge on any atom is 0.243 e. The molecule has 28 heavy (non-hydrogen) atoms. The zero-order valence-corrected chi connectivity index (χ0v) is 16.8. The van der Waals surface area contributed by atoms with Crippen LogP contribution in [0.15, 0.2) is 42.6 Å². The first-order chi connectivity index (χ1) is 13.4. The summed E-state index contributed by atoms with van der Waals surface area (Å²) in [4.78, 5) is 29.2. The Morgan fingerprint density at radius 1 is 1.21 bits per heavy atom. The van der Waals surface area contributed by atoms with E-state index in [2.05, 4.69) is 4.57 Å². The average molecular weight is 385 g/mol. The SMILES string of the molecule is CCCN(CC(=O)N1CCn2cccc2C1c1cccc(F)c1)C(=O)C(C)C. The van der Waals surface area contributed by atoms with Gasteiger partial charge in [-0.25, -0.2) is 4.39 Å². The van der Waals surface area contributed by atoms with E-state index in [1.807, 2.05) is 45.2 Å². The van der Waals surface area contributed by atoms with E-state index < -0.39 is 0 Å². The largest absolute Gasteiger partial charge is 0.348 e. The molecular weight excluding hydrogens is 357 g/mol. The molecule has 3 rings (SSSR count). The van der Waals surface area contributed by atoms with Crippen molar-refractivity contribution < 1.29 is 14.0 Å². The molecule has 2 aromatic rings. The third-order valence-electron chi connectivity index (χ3n) is 5.15. The predicted octanol–water partition coefficient (Wildman–Crippen LogP) is 3.45. The first-order valence-electron chi connectivity index (χ1n) is 9.91. The summed E-state index contributed by atoms with van der Waals surface area (Å²) in [7, 11) is 0. The summed E-state index contributed by atoms with van der Waals surface area (Å²) in [6.07, 6.45) is 2.77. The molecule has 1 aliphatic heterocycles. The molecule has 0 aliphatic carbocycles. The van der Waals surface area contributed by atoms with Crippen molar-refractivity contribution in [1.29, 1.82) is 0 Å². The second kappa shape index (κ2) is 8.59. The quantitative estimate of drug-likeness (QED) is 0.765. The molecular formula is C22H28FN3O2. The minimum atomic E-state index is -0.357. The highest BCUT2D eigenvalue weighted by Crippen LogP contribution is 2.32. The van der Waals surface area contributed by atoms with Gasteiger partial charge in [0, 0.05) is 37.4 Å². The first kappa shape index (κ1) is 20.1. The number of carbonyl (C=O) groups excluding carboxylic acids is 2. The van der Waals surface area contributed by atoms with Crippen molar-refractivity contribution >= 4 is 11.8 Å². The number of rotatable bonds is 6. The van der Waals surface area contributed by atoms with Gasteiger partial charge in [-0.1, -0.05) is 32.9 Å². The Labute approximate surface area is 165 Å². The number of aromatic nitrogens is 1. The van der Waals surface area contributed by atoms with Crippen molar-refractivity contribution in [2.45, 2.75) is 39.8 Å². The molecule has 1 atom stereocenters. The van der Waals surface area contributed by atoms with Crippen molar-refractivity contribution in [3.8, 4) is 0 Å². The Kier molecular flexibility index (Phi) is 6.17. The van der Waals surface area contributed by atoms with Crippen molar-refractivity contribution in [1.82, 2.24) is 14.4 Å². The molecule has 150 valence electrons. The Morgan fingerprint density at radius 2 is 2.00 bits per heavy atom. The number of hydrogen-bond acceptors (Lipinski definition) is 2. The lowest BCUT2D eigenvalue weighted by Crippen LogP contribution is -2.48. The number of carbonyl (C=O) groups is 2. The summed E-state index contributed by atoms with van der Waals surface area (Å²) >= 11 is 0. The zero-order valence-electron chi connectivity index (χ0n) is 16.8. The Morgan fingerprint density at radius 3 is 2.68 bits per heavy atom. The van der Waals surface area contributed by atoms with Gasteiger partial charge in [0.25, 0.3) is 0 Å². The van der Waals surface area contributed by atoms with Gasteiger partial charge >= 0.3 is 0 Å². The van der Waals surface area contributed by atoms with Gasteiger partial charge in [-0.05, 0) is 36.2 Å². The summed E-state index contributed by atoms with van der Waals surface area (Å²) in [6, 6.07) is 9.96. The van der Waals surface area contributed by atoms with Gasteiger partial charge in [0.1, 0.15) is 5.82 Å². The monoisotopic (exact) mass is 385 g/mol. The second-order valence-corrected chi connectivity index (χ2v) is 7.59. The van der Waals surface area contributed by atoms with E-state index in [0.717, 1.165) is 17.7 Å². The molecule has 0 N–H and O–H groups in total. The van der Waals surface area contributed by atoms with Gasteiger partial charge in [0.15, 0.2) is 0 Å². The highest BCUT2D eigenvalue weighted by Gasteiger charge is 2.33. The molecule has 2 heterocycles. The fraction of sp³-hybridized carbons (Fsp3) is 0.455. The van der Waals surface area contributed by atoms with Crippen LogP contribution < -0.4 is 0 Å². The smallest absolute Gasteiger partial charge is 0.243 e. The number of hydrogen-bond donors (Lipinski definition) is 0. The zero-order chi connectivity index (χ0) is 20.3. The fourth-order valence-electron chi connectivity index (χ4n) is 3.84. The number of amides is 2. The molecule has 1 aliphatic rings. The molecule has 2 amide bonds. The van der Waals surface area contributed by atoms with Crippen LogP contribution in [-0.4, -0.2) is 45.8 Å². The van der Waals surface area contributed by atoms with Crippen LogP contribution in [0.1, 0.15) is 44.5 Å². The summed E-state index contributed by atoms with van der Waals surface area (Å²) in [5, 5.41) is 0. The third kappa shape index (κ3) is 4.11. The number of fused-ring (bicyclic) bond motifs is 1. The van der Waals surface area contributed by atoms with E-state index in [1.165, 1.54) is 12.1 Å². The topological polar surface area (TPSA) is 45.6 Å². The molecule has 1 aromatic heterocycles. The van der Waals surface area contributed by atoms with Gasteiger partial charge in [0.05, 0.1) is 12.6 Å². The van der Waals surface area contributed by atoms with Crippen LogP contribution in [0.3, 0.4) is 0 Å². The number of benzene rings is 1. The molecule has 0 saturated carbocycles. The summed E-state index contributed by atoms with van der Waals surface area (Å²) in [5.41, 5.74) is 1.70. The molecule has 1 unspecified atom stereocenters. The van der Waals surface area contributed by atoms with Crippen LogP contribution in [0.5, 0.6) is 0 Å². The van der Waals surface area contributed by atoms with Gasteiger partial charge in [-0.2, -0.15) is 0 Å². The van der Waals surface area contributed by atoms with E-state index in [0.29, 0.717) is 19.6 Å². The van der Waals surface area contributed by atoms with Gasteiger partial charge in [-0.15, -0.1) is 0 Å². The Bertz CT molecular complexity index is 846. The van der Waals surface area contributed by atoms with Crippen molar-refractivity contribution in [2.75, 3.05) is 19.6 Å². The van der Waals surface area contributed by atoms with Gasteiger partial charge < -0.3 is 14.4 Å². The van der Waals surface area contributed by atoms with E-state index in [-0.39, 0.29) is 36.1 Å². The molecule has 0 fully saturated rings. The second-order valence-electron chi connectivity index (χ2n) is 7.59. The van der Waals surface area contributed by atoms with E-state index >= 15 is 0 Å². The van der Waals surface area contributed by atoms with Crippen LogP contribution in [0, 0.1) is 11.7 Å². The normalized spacial score (nSPS) is 16.2. The number of halogens is 1. The predicted molar refractivity (Wildman–Crippen MR) is 106 cm³/mol. The van der Waals surface area contributed by atoms with Crippen LogP contribution in [0.4, 0.5) is 4.39 Å². The molecule has 0 radical (unpaired) electrons. The Hall–Kier alpha value is -2.63. The highest BCUT2D eigenvalue weighted by molar-refractivity contribution is 5.86. The molecule has 0 saturated heterocycles. The molecule has 0 bridgehead atoms. The fourth-order valence-corrected chi connectivity index (χ4v) is 3.84. The lowest BCUT2D eigenvalue weighted by Gasteiger charge is -2.38. The van der Waals surface area contributed by atoms with E-state index in [4.69, 9.17) is 0 Å². The lowest BCUT2D eigenvalue weighted by atomic mass is 9.99. The minimum Gasteiger partial charge on any atom is -0.348 e. The van der Waals surface area contributed by atoms with E-state index in [1.54, 1.807) is 15.9 Å². The van der Waals surface area contributed by atoms with Crippen molar-refractivity contribution in [3.63, 3.8) is 0 Å². The van der Waals surface area contributed by atoms with Crippen molar-refractivity contribution in [2.24, 2.45) is 5.92 Å². The van der Waals surface area contributed by atoms with E-state index in [9.17, 15) is 14.0 Å². The average Bonchev–Trinajstić information content (AvgIpc) is 3.14. The first-order valence-corrected chi connectivity index (χ1v) is 9.91. The highest BCUT2D eigenvalue weighted by atomic mass is 19.1. The standard InChI is InChI=1S/C22H28FN3O2/c1-4-10-25(22(28)16(2)3)15-20(27)26-13-12-24-11-6-9-19(24)21(26)17-7-5-8-18(23)14-17/h5-9,11,14,16,21H,4,10,12-13,15H2,1-3H3. The van der Waals surface area contributed by atoms with Crippen LogP contribution in [0.2, 0.25) is 0 Å². The summed E-state index contributed by atoms with van der Waals surface area (Å²) < 4.78 is 16.0. The maximum absolute atomic E-state index is 13.9. The van der Waals surface area contributed by atoms with Gasteiger partial charge in [-0.3, -0.25) is 9.59 Å². The third-order valence-corrected chi connectivity index (χ3v) is 5.15. The minimum absolute atomic E-state index is 0.0158. The molecule has 6 heteroatoms. The van der Waals surface area contributed by atoms with Crippen LogP contribution in [-0.2, 0) is 16.1 Å². The molecule has 1 aromatic carbocycles. The van der Waals surface area contributed by atoms with Crippen molar-refractivity contribution in [3.05, 3.63) is 59.7 Å². The van der Waals surface area contributed by atoms with Gasteiger partial charge in [0.2, 0.25) is 11.8 Å². The summed E-state index contributed by atoms with van der Waals surface area (Å²) in [6.45, 7) is 7.50. The lowest BCUT2D eigenvalue weighted by molar-refractivity contribution is -0.143. The van der Waals surface area contributed by atoms with Crippen LogP contribution in [0.25, 0.3) is 0 Å². The Balaban J connectivity index is 1.90. The molecule has 0 spiro atoms. The molecule has 5 nitrogen and oxygen atoms in total.